The van der Waals surface area contributed by atoms with Crippen LogP contribution in [-0.4, -0.2) is 23.1 Å². The van der Waals surface area contributed by atoms with Crippen molar-refractivity contribution in [3.63, 3.8) is 0 Å². The van der Waals surface area contributed by atoms with E-state index in [0.29, 0.717) is 24.0 Å². The standard InChI is InChI=1S/C20H29N3.2BrH/c1-13-9-7-10-14(2)19(13)22-17(5)18(6)23(21-22)20-15(3)11-8-12-16(20)4;;/h7-13,17-19,21H,1-6H3;2*1H/p-1. The first kappa shape index (κ1) is 22.4. The van der Waals surface area contributed by atoms with Gasteiger partial charge in [-0.15, -0.1) is 5.01 Å². The van der Waals surface area contributed by atoms with Crippen molar-refractivity contribution < 1.29 is 39.5 Å². The molecule has 1 heterocycles. The Morgan fingerprint density at radius 2 is 1.52 bits per heavy atom. The number of halogens is 2. The number of quaternary nitrogens is 1. The Kier molecular flexibility index (Phi) is 7.94. The number of rotatable bonds is 2. The number of hydrogen-bond acceptors (Lipinski definition) is 2. The SMILES string of the molecule is CC1=CC=CC(C)C1N1[NH2+]N(c2c(C)cccc2C)C(C)C1C.[Br-].[Br-]. The molecule has 25 heavy (non-hydrogen) atoms. The molecule has 0 aromatic heterocycles. The van der Waals surface area contributed by atoms with E-state index >= 15 is 0 Å². The molecule has 0 radical (unpaired) electrons. The summed E-state index contributed by atoms with van der Waals surface area (Å²) in [5.74, 6) is 0.545. The first-order valence-electron chi connectivity index (χ1n) is 8.73. The lowest BCUT2D eigenvalue weighted by Crippen LogP contribution is -3.00. The highest BCUT2D eigenvalue weighted by Crippen LogP contribution is 2.30. The van der Waals surface area contributed by atoms with Gasteiger partial charge in [0.25, 0.3) is 0 Å². The Balaban J connectivity index is 0.00000156. The highest BCUT2D eigenvalue weighted by molar-refractivity contribution is 5.57. The molecule has 3 nitrogen and oxygen atoms in total. The average Bonchev–Trinajstić information content (AvgIpc) is 2.76. The minimum Gasteiger partial charge on any atom is -1.00 e. The molecule has 1 saturated heterocycles. The van der Waals surface area contributed by atoms with Gasteiger partial charge in [-0.3, -0.25) is 0 Å². The van der Waals surface area contributed by atoms with Crippen molar-refractivity contribution in [1.29, 1.82) is 0 Å². The fourth-order valence-corrected chi connectivity index (χ4v) is 4.14. The molecule has 0 amide bonds. The van der Waals surface area contributed by atoms with Gasteiger partial charge in [0, 0.05) is 0 Å². The molecule has 3 rings (SSSR count). The molecule has 1 aromatic rings. The van der Waals surface area contributed by atoms with Gasteiger partial charge >= 0.3 is 0 Å². The second kappa shape index (κ2) is 8.85. The third-order valence-electron chi connectivity index (χ3n) is 5.62. The van der Waals surface area contributed by atoms with E-state index in [0.717, 1.165) is 0 Å². The Morgan fingerprint density at radius 1 is 0.920 bits per heavy atom. The molecule has 2 N–H and O–H groups in total. The van der Waals surface area contributed by atoms with Gasteiger partial charge in [-0.25, -0.2) is 5.01 Å². The van der Waals surface area contributed by atoms with Crippen LogP contribution >= 0.6 is 0 Å². The highest BCUT2D eigenvalue weighted by atomic mass is 79.9. The first-order valence-corrected chi connectivity index (χ1v) is 8.73. The summed E-state index contributed by atoms with van der Waals surface area (Å²) in [4.78, 5) is 0. The molecule has 2 aliphatic rings. The largest absolute Gasteiger partial charge is 1.00 e. The smallest absolute Gasteiger partial charge is 0.0986 e. The van der Waals surface area contributed by atoms with E-state index in [1.165, 1.54) is 22.4 Å². The van der Waals surface area contributed by atoms with Crippen molar-refractivity contribution >= 4 is 5.69 Å². The Labute approximate surface area is 173 Å². The van der Waals surface area contributed by atoms with E-state index in [2.05, 4.69) is 93.5 Å². The van der Waals surface area contributed by atoms with Crippen LogP contribution in [0.4, 0.5) is 5.69 Å². The van der Waals surface area contributed by atoms with Crippen LogP contribution in [0.25, 0.3) is 0 Å². The topological polar surface area (TPSA) is 23.1 Å². The van der Waals surface area contributed by atoms with Crippen LogP contribution in [0.1, 0.15) is 38.8 Å². The van der Waals surface area contributed by atoms with Crippen molar-refractivity contribution in [3.8, 4) is 0 Å². The van der Waals surface area contributed by atoms with E-state index in [-0.39, 0.29) is 34.0 Å². The molecule has 0 spiro atoms. The lowest BCUT2D eigenvalue weighted by Gasteiger charge is -2.32. The summed E-state index contributed by atoms with van der Waals surface area (Å²) in [6.07, 6.45) is 6.78. The van der Waals surface area contributed by atoms with Crippen LogP contribution in [0.3, 0.4) is 0 Å². The number of nitrogens with two attached hydrogens (primary N) is 1. The van der Waals surface area contributed by atoms with Gasteiger partial charge in [0.1, 0.15) is 0 Å². The van der Waals surface area contributed by atoms with Crippen LogP contribution in [0.5, 0.6) is 0 Å². The zero-order valence-electron chi connectivity index (χ0n) is 16.0. The Hall–Kier alpha value is -0.620. The van der Waals surface area contributed by atoms with E-state index in [1.807, 2.05) is 0 Å². The van der Waals surface area contributed by atoms with Crippen LogP contribution in [0.15, 0.2) is 42.0 Å². The highest BCUT2D eigenvalue weighted by Gasteiger charge is 2.45. The zero-order valence-corrected chi connectivity index (χ0v) is 19.2. The summed E-state index contributed by atoms with van der Waals surface area (Å²) in [5.41, 5.74) is 7.90. The maximum absolute atomic E-state index is 2.57. The number of hydrogen-bond donors (Lipinski definition) is 1. The van der Waals surface area contributed by atoms with Gasteiger partial charge in [0.05, 0.1) is 23.8 Å². The van der Waals surface area contributed by atoms with Crippen LogP contribution in [-0.2, 0) is 0 Å². The van der Waals surface area contributed by atoms with Crippen molar-refractivity contribution in [3.05, 3.63) is 53.1 Å². The maximum atomic E-state index is 2.57. The normalized spacial score (nSPS) is 29.0. The molecule has 0 bridgehead atoms. The molecule has 1 fully saturated rings. The average molecular weight is 472 g/mol. The third kappa shape index (κ3) is 4.05. The lowest BCUT2D eigenvalue weighted by molar-refractivity contribution is -0.803. The second-order valence-electron chi connectivity index (χ2n) is 7.29. The fraction of sp³-hybridized carbons (Fsp3) is 0.500. The van der Waals surface area contributed by atoms with Crippen LogP contribution in [0.2, 0.25) is 0 Å². The van der Waals surface area contributed by atoms with Gasteiger partial charge in [0.2, 0.25) is 0 Å². The molecule has 1 aliphatic heterocycles. The lowest BCUT2D eigenvalue weighted by atomic mass is 9.89. The monoisotopic (exact) mass is 470 g/mol. The molecule has 140 valence electrons. The minimum absolute atomic E-state index is 0. The molecular weight excluding hydrogens is 442 g/mol. The minimum atomic E-state index is 0. The van der Waals surface area contributed by atoms with E-state index in [9.17, 15) is 0 Å². The maximum Gasteiger partial charge on any atom is 0.0986 e. The van der Waals surface area contributed by atoms with Crippen molar-refractivity contribution in [2.75, 3.05) is 5.01 Å². The Morgan fingerprint density at radius 3 is 2.08 bits per heavy atom. The molecule has 4 atom stereocenters. The van der Waals surface area contributed by atoms with Crippen LogP contribution in [0, 0.1) is 19.8 Å². The summed E-state index contributed by atoms with van der Waals surface area (Å²) in [6, 6.07) is 8.02. The van der Waals surface area contributed by atoms with Gasteiger partial charge in [-0.1, -0.05) is 48.9 Å². The van der Waals surface area contributed by atoms with Gasteiger partial charge in [-0.05, 0) is 51.7 Å². The van der Waals surface area contributed by atoms with Crippen molar-refractivity contribution in [1.82, 2.24) is 5.01 Å². The number of para-hydroxylation sites is 1. The molecule has 1 aromatic carbocycles. The first-order chi connectivity index (χ1) is 10.9. The van der Waals surface area contributed by atoms with Crippen molar-refractivity contribution in [2.24, 2.45) is 5.92 Å². The Bertz CT molecular complexity index is 636. The van der Waals surface area contributed by atoms with E-state index < -0.39 is 0 Å². The van der Waals surface area contributed by atoms with Gasteiger partial charge in [-0.2, -0.15) is 5.53 Å². The summed E-state index contributed by atoms with van der Waals surface area (Å²) in [7, 11) is 0. The number of nitrogens with zero attached hydrogens (tertiary/aromatic N) is 2. The predicted octanol–water partition coefficient (Wildman–Crippen LogP) is -2.88. The van der Waals surface area contributed by atoms with Crippen LogP contribution < -0.4 is 44.5 Å². The quantitative estimate of drug-likeness (QED) is 0.468. The van der Waals surface area contributed by atoms with Gasteiger partial charge in [0.15, 0.2) is 0 Å². The fourth-order valence-electron chi connectivity index (χ4n) is 4.14. The number of aryl methyl sites for hydroxylation is 2. The predicted molar refractivity (Wildman–Crippen MR) is 96.9 cm³/mol. The molecule has 5 heteroatoms. The summed E-state index contributed by atoms with van der Waals surface area (Å²) >= 11 is 0. The molecular formula is C20H30Br2N3-. The van der Waals surface area contributed by atoms with Crippen molar-refractivity contribution in [2.45, 2.75) is 59.7 Å². The summed E-state index contributed by atoms with van der Waals surface area (Å²) in [6.45, 7) is 13.7. The zero-order chi connectivity index (χ0) is 16.7. The van der Waals surface area contributed by atoms with E-state index in [1.54, 1.807) is 0 Å². The van der Waals surface area contributed by atoms with Gasteiger partial charge < -0.3 is 34.0 Å². The molecule has 0 saturated carbocycles. The second-order valence-corrected chi connectivity index (χ2v) is 7.29. The van der Waals surface area contributed by atoms with E-state index in [4.69, 9.17) is 0 Å². The number of allylic oxidation sites excluding steroid dienone is 2. The molecule has 4 unspecified atom stereocenters. The number of anilines is 1. The molecule has 1 aliphatic carbocycles. The summed E-state index contributed by atoms with van der Waals surface area (Å²) in [5, 5.41) is 5.05. The number of benzene rings is 1. The summed E-state index contributed by atoms with van der Waals surface area (Å²) < 4.78 is 0. The third-order valence-corrected chi connectivity index (χ3v) is 5.62.